The molecular weight excluding hydrogens is 358 g/mol. The normalized spacial score (nSPS) is 28.0. The van der Waals surface area contributed by atoms with Gasteiger partial charge in [-0.2, -0.15) is 0 Å². The number of nitrogens with one attached hydrogen (secondary N) is 2. The maximum atomic E-state index is 11.1. The number of rotatable bonds is 8. The van der Waals surface area contributed by atoms with Gasteiger partial charge in [0.05, 0.1) is 6.10 Å². The molecule has 164 valence electrons. The van der Waals surface area contributed by atoms with E-state index in [2.05, 4.69) is 66.6 Å². The zero-order valence-electron chi connectivity index (χ0n) is 19.0. The number of β-amino-alcohol motifs (C(OH)–C–C–N with tert-alkyl or cyclic N) is 1. The van der Waals surface area contributed by atoms with Crippen LogP contribution in [0.2, 0.25) is 0 Å². The first-order valence-electron chi connectivity index (χ1n) is 11.7. The van der Waals surface area contributed by atoms with Crippen molar-refractivity contribution in [1.29, 1.82) is 0 Å². The second-order valence-corrected chi connectivity index (χ2v) is 10.4. The molecule has 1 saturated heterocycles. The van der Waals surface area contributed by atoms with Gasteiger partial charge in [0.2, 0.25) is 0 Å². The Morgan fingerprint density at radius 3 is 2.45 bits per heavy atom. The van der Waals surface area contributed by atoms with Crippen molar-refractivity contribution in [2.24, 2.45) is 11.8 Å². The van der Waals surface area contributed by atoms with E-state index in [-0.39, 0.29) is 17.7 Å². The summed E-state index contributed by atoms with van der Waals surface area (Å²) < 4.78 is 0. The van der Waals surface area contributed by atoms with Gasteiger partial charge in [0.15, 0.2) is 0 Å². The zero-order valence-corrected chi connectivity index (χ0v) is 19.0. The van der Waals surface area contributed by atoms with Crippen LogP contribution in [0.3, 0.4) is 0 Å². The Morgan fingerprint density at radius 1 is 1.10 bits per heavy atom. The average Bonchev–Trinajstić information content (AvgIpc) is 2.70. The van der Waals surface area contributed by atoms with Crippen LogP contribution in [-0.4, -0.2) is 60.4 Å². The minimum absolute atomic E-state index is 0.0812. The number of aliphatic hydroxyl groups excluding tert-OH is 1. The van der Waals surface area contributed by atoms with Crippen molar-refractivity contribution in [3.05, 3.63) is 35.9 Å². The summed E-state index contributed by atoms with van der Waals surface area (Å²) in [5.41, 5.74) is 1.41. The van der Waals surface area contributed by atoms with Gasteiger partial charge < -0.3 is 15.7 Å². The zero-order chi connectivity index (χ0) is 20.9. The van der Waals surface area contributed by atoms with E-state index in [0.29, 0.717) is 6.04 Å². The number of hydrogen-bond donors (Lipinski definition) is 3. The molecule has 1 aromatic rings. The molecule has 1 saturated carbocycles. The predicted octanol–water partition coefficient (Wildman–Crippen LogP) is 3.45. The first-order chi connectivity index (χ1) is 13.9. The Bertz CT molecular complexity index is 600. The first-order valence-corrected chi connectivity index (χ1v) is 11.7. The van der Waals surface area contributed by atoms with E-state index >= 15 is 0 Å². The lowest BCUT2D eigenvalue weighted by Crippen LogP contribution is -2.57. The Kier molecular flexibility index (Phi) is 8.15. The van der Waals surface area contributed by atoms with Gasteiger partial charge in [-0.15, -0.1) is 0 Å². The van der Waals surface area contributed by atoms with Gasteiger partial charge in [0.1, 0.15) is 0 Å². The molecule has 4 nitrogen and oxygen atoms in total. The molecule has 2 fully saturated rings. The summed E-state index contributed by atoms with van der Waals surface area (Å²) in [6, 6.07) is 11.1. The monoisotopic (exact) mass is 401 g/mol. The molecule has 4 unspecified atom stereocenters. The standard InChI is InChI=1S/C25H43N3O/c1-25(2,3)27-16-22-15-20-12-8-9-13-21(20)17-28(22)18-24(29)23(26-4)14-19-10-6-5-7-11-19/h5-7,10-11,20-24,26-27,29H,8-9,12-18H2,1-4H3/t20-,21?,22?,23?,24?/m0/s1. The summed E-state index contributed by atoms with van der Waals surface area (Å²) in [6.45, 7) is 9.67. The van der Waals surface area contributed by atoms with Crippen LogP contribution >= 0.6 is 0 Å². The van der Waals surface area contributed by atoms with Crippen molar-refractivity contribution < 1.29 is 5.11 Å². The molecule has 0 bridgehead atoms. The molecule has 0 radical (unpaired) electrons. The molecule has 1 aliphatic heterocycles. The average molecular weight is 402 g/mol. The highest BCUT2D eigenvalue weighted by Crippen LogP contribution is 2.38. The molecule has 1 heterocycles. The first kappa shape index (κ1) is 22.7. The summed E-state index contributed by atoms with van der Waals surface area (Å²) >= 11 is 0. The van der Waals surface area contributed by atoms with Crippen LogP contribution in [0.1, 0.15) is 58.4 Å². The maximum absolute atomic E-state index is 11.1. The van der Waals surface area contributed by atoms with Crippen LogP contribution < -0.4 is 10.6 Å². The molecule has 5 atom stereocenters. The molecule has 0 spiro atoms. The largest absolute Gasteiger partial charge is 0.390 e. The molecule has 0 amide bonds. The van der Waals surface area contributed by atoms with Crippen molar-refractivity contribution in [1.82, 2.24) is 15.5 Å². The third kappa shape index (κ3) is 6.78. The molecule has 1 aromatic carbocycles. The van der Waals surface area contributed by atoms with Gasteiger partial charge in [0, 0.05) is 37.3 Å². The van der Waals surface area contributed by atoms with Crippen LogP contribution in [-0.2, 0) is 6.42 Å². The number of piperidine rings is 1. The second-order valence-electron chi connectivity index (χ2n) is 10.4. The van der Waals surface area contributed by atoms with Gasteiger partial charge in [-0.25, -0.2) is 0 Å². The van der Waals surface area contributed by atoms with E-state index in [9.17, 15) is 5.11 Å². The minimum atomic E-state index is -0.363. The van der Waals surface area contributed by atoms with Crippen molar-refractivity contribution in [3.63, 3.8) is 0 Å². The predicted molar refractivity (Wildman–Crippen MR) is 122 cm³/mol. The number of likely N-dealkylation sites (tertiary alicyclic amines) is 1. The van der Waals surface area contributed by atoms with Crippen molar-refractivity contribution in [2.45, 2.75) is 83.0 Å². The number of benzene rings is 1. The lowest BCUT2D eigenvalue weighted by atomic mass is 9.72. The Labute approximate surface area is 178 Å². The van der Waals surface area contributed by atoms with Crippen molar-refractivity contribution in [2.75, 3.05) is 26.7 Å². The van der Waals surface area contributed by atoms with Gasteiger partial charge in [-0.05, 0) is 64.5 Å². The Balaban J connectivity index is 1.64. The molecule has 4 heteroatoms. The number of hydrogen-bond acceptors (Lipinski definition) is 4. The summed E-state index contributed by atoms with van der Waals surface area (Å²) in [4.78, 5) is 2.60. The van der Waals surface area contributed by atoms with E-state index in [1.165, 1.54) is 37.7 Å². The van der Waals surface area contributed by atoms with Gasteiger partial charge in [-0.3, -0.25) is 4.90 Å². The second kappa shape index (κ2) is 10.4. The molecule has 3 rings (SSSR count). The number of aliphatic hydroxyl groups is 1. The Hall–Kier alpha value is -0.940. The third-order valence-electron chi connectivity index (χ3n) is 7.05. The highest BCUT2D eigenvalue weighted by Gasteiger charge is 2.38. The fraction of sp³-hybridized carbons (Fsp3) is 0.760. The van der Waals surface area contributed by atoms with Gasteiger partial charge in [-0.1, -0.05) is 49.6 Å². The van der Waals surface area contributed by atoms with Crippen LogP contribution in [0.25, 0.3) is 0 Å². The van der Waals surface area contributed by atoms with E-state index in [1.54, 1.807) is 0 Å². The molecule has 1 aliphatic carbocycles. The summed E-state index contributed by atoms with van der Waals surface area (Å²) in [5, 5.41) is 18.2. The summed E-state index contributed by atoms with van der Waals surface area (Å²) in [5.74, 6) is 1.71. The fourth-order valence-electron chi connectivity index (χ4n) is 5.31. The molecule has 0 aromatic heterocycles. The van der Waals surface area contributed by atoms with Gasteiger partial charge in [0.25, 0.3) is 0 Å². The van der Waals surface area contributed by atoms with Crippen LogP contribution in [0.15, 0.2) is 30.3 Å². The van der Waals surface area contributed by atoms with Crippen LogP contribution in [0.4, 0.5) is 0 Å². The molecule has 2 aliphatic rings. The smallest absolute Gasteiger partial charge is 0.0823 e. The number of fused-ring (bicyclic) bond motifs is 1. The summed E-state index contributed by atoms with van der Waals surface area (Å²) in [6.07, 6.45) is 7.35. The quantitative estimate of drug-likeness (QED) is 0.624. The van der Waals surface area contributed by atoms with E-state index in [1.807, 2.05) is 7.05 Å². The highest BCUT2D eigenvalue weighted by atomic mass is 16.3. The summed E-state index contributed by atoms with van der Waals surface area (Å²) in [7, 11) is 1.98. The maximum Gasteiger partial charge on any atom is 0.0823 e. The van der Waals surface area contributed by atoms with E-state index in [4.69, 9.17) is 0 Å². The lowest BCUT2D eigenvalue weighted by Gasteiger charge is -2.48. The topological polar surface area (TPSA) is 47.5 Å². The number of nitrogens with zero attached hydrogens (tertiary/aromatic N) is 1. The molecule has 29 heavy (non-hydrogen) atoms. The molecule has 3 N–H and O–H groups in total. The fourth-order valence-corrected chi connectivity index (χ4v) is 5.31. The lowest BCUT2D eigenvalue weighted by molar-refractivity contribution is -0.00271. The third-order valence-corrected chi connectivity index (χ3v) is 7.05. The minimum Gasteiger partial charge on any atom is -0.390 e. The SMILES string of the molecule is CNC(Cc1ccccc1)C(O)CN1CC2CCCC[C@H]2CC1CNC(C)(C)C. The van der Waals surface area contributed by atoms with Crippen LogP contribution in [0.5, 0.6) is 0 Å². The highest BCUT2D eigenvalue weighted by molar-refractivity contribution is 5.16. The van der Waals surface area contributed by atoms with Crippen molar-refractivity contribution in [3.8, 4) is 0 Å². The van der Waals surface area contributed by atoms with Crippen molar-refractivity contribution >= 4 is 0 Å². The Morgan fingerprint density at radius 2 is 1.79 bits per heavy atom. The van der Waals surface area contributed by atoms with E-state index < -0.39 is 0 Å². The van der Waals surface area contributed by atoms with Gasteiger partial charge >= 0.3 is 0 Å². The van der Waals surface area contributed by atoms with E-state index in [0.717, 1.165) is 37.9 Å². The number of likely N-dealkylation sites (N-methyl/N-ethyl adjacent to an activating group) is 1. The van der Waals surface area contributed by atoms with Crippen LogP contribution in [0, 0.1) is 11.8 Å². The molecular formula is C25H43N3O.